The average Bonchev–Trinajstić information content (AvgIpc) is 2.87. The van der Waals surface area contributed by atoms with Crippen molar-refractivity contribution in [2.45, 2.75) is 25.0 Å². The number of aromatic nitrogens is 1. The molecule has 3 rings (SSSR count). The molecule has 1 aliphatic rings. The van der Waals surface area contributed by atoms with Crippen molar-refractivity contribution in [2.75, 3.05) is 0 Å². The Morgan fingerprint density at radius 3 is 2.40 bits per heavy atom. The second-order valence-corrected chi connectivity index (χ2v) is 5.01. The topological polar surface area (TPSA) is 70.4 Å². The van der Waals surface area contributed by atoms with Gasteiger partial charge < -0.3 is 10.2 Å². The number of rotatable bonds is 3. The van der Waals surface area contributed by atoms with E-state index in [-0.39, 0.29) is 5.78 Å². The molecule has 2 atom stereocenters. The highest BCUT2D eigenvalue weighted by atomic mass is 16.3. The van der Waals surface area contributed by atoms with E-state index in [1.807, 2.05) is 6.07 Å². The molecule has 0 bridgehead atoms. The Morgan fingerprint density at radius 2 is 1.65 bits per heavy atom. The predicted molar refractivity (Wildman–Crippen MR) is 73.3 cm³/mol. The van der Waals surface area contributed by atoms with E-state index in [1.165, 1.54) is 0 Å². The van der Waals surface area contributed by atoms with Gasteiger partial charge in [-0.3, -0.25) is 9.78 Å². The smallest absolute Gasteiger partial charge is 0.163 e. The molecule has 4 heteroatoms. The van der Waals surface area contributed by atoms with Gasteiger partial charge in [-0.25, -0.2) is 0 Å². The van der Waals surface area contributed by atoms with E-state index in [0.717, 1.165) is 11.1 Å². The normalized spacial score (nSPS) is 16.8. The van der Waals surface area contributed by atoms with Crippen molar-refractivity contribution in [3.8, 4) is 0 Å². The van der Waals surface area contributed by atoms with Crippen molar-refractivity contribution in [2.24, 2.45) is 0 Å². The summed E-state index contributed by atoms with van der Waals surface area (Å²) >= 11 is 0. The molecular formula is C16H15NO3. The first kappa shape index (κ1) is 13.0. The third kappa shape index (κ3) is 2.24. The molecule has 4 nitrogen and oxygen atoms in total. The van der Waals surface area contributed by atoms with Gasteiger partial charge in [-0.2, -0.15) is 0 Å². The fraction of sp³-hybridized carbons (Fsp3) is 0.250. The largest absolute Gasteiger partial charge is 0.385 e. The number of aryl methyl sites for hydroxylation is 1. The Hall–Kier alpha value is -2.04. The molecule has 0 radical (unpaired) electrons. The molecule has 0 aliphatic heterocycles. The fourth-order valence-corrected chi connectivity index (χ4v) is 2.58. The number of pyridine rings is 1. The second kappa shape index (κ2) is 5.15. The molecule has 1 aromatic heterocycles. The standard InChI is InChI=1S/C16H15NO3/c18-14-4-2-11-9-12(1-3-13(11)14)16(20)15(19)10-5-7-17-8-6-10/h1,3,5-9,15-16,19-20H,2,4H2. The number of aliphatic hydroxyl groups is 2. The first-order chi connectivity index (χ1) is 9.66. The third-order valence-electron chi connectivity index (χ3n) is 3.74. The van der Waals surface area contributed by atoms with E-state index in [2.05, 4.69) is 4.98 Å². The maximum absolute atomic E-state index is 11.6. The van der Waals surface area contributed by atoms with Gasteiger partial charge in [-0.05, 0) is 35.2 Å². The van der Waals surface area contributed by atoms with Gasteiger partial charge in [-0.15, -0.1) is 0 Å². The summed E-state index contributed by atoms with van der Waals surface area (Å²) in [6.45, 7) is 0. The van der Waals surface area contributed by atoms with Gasteiger partial charge in [0.15, 0.2) is 5.78 Å². The van der Waals surface area contributed by atoms with E-state index in [9.17, 15) is 15.0 Å². The van der Waals surface area contributed by atoms with Crippen LogP contribution in [0.25, 0.3) is 0 Å². The van der Waals surface area contributed by atoms with Gasteiger partial charge in [0.1, 0.15) is 12.2 Å². The molecule has 1 heterocycles. The number of ketones is 1. The number of fused-ring (bicyclic) bond motifs is 1. The summed E-state index contributed by atoms with van der Waals surface area (Å²) in [5.41, 5.74) is 2.93. The summed E-state index contributed by atoms with van der Waals surface area (Å²) < 4.78 is 0. The molecule has 2 unspecified atom stereocenters. The minimum atomic E-state index is -1.02. The Labute approximate surface area is 116 Å². The lowest BCUT2D eigenvalue weighted by atomic mass is 9.96. The molecule has 102 valence electrons. The minimum Gasteiger partial charge on any atom is -0.385 e. The lowest BCUT2D eigenvalue weighted by molar-refractivity contribution is 0.0171. The zero-order valence-electron chi connectivity index (χ0n) is 10.9. The monoisotopic (exact) mass is 269 g/mol. The first-order valence-corrected chi connectivity index (χ1v) is 6.59. The summed E-state index contributed by atoms with van der Waals surface area (Å²) in [4.78, 5) is 15.5. The predicted octanol–water partition coefficient (Wildman–Crippen LogP) is 1.98. The van der Waals surface area contributed by atoms with Crippen molar-refractivity contribution in [1.29, 1.82) is 0 Å². The highest BCUT2D eigenvalue weighted by molar-refractivity contribution is 6.00. The molecule has 0 fully saturated rings. The summed E-state index contributed by atoms with van der Waals surface area (Å²) in [6, 6.07) is 8.60. The lowest BCUT2D eigenvalue weighted by Crippen LogP contribution is -2.11. The van der Waals surface area contributed by atoms with Gasteiger partial charge in [0.2, 0.25) is 0 Å². The van der Waals surface area contributed by atoms with Gasteiger partial charge >= 0.3 is 0 Å². The Kier molecular flexibility index (Phi) is 3.34. The van der Waals surface area contributed by atoms with E-state index < -0.39 is 12.2 Å². The van der Waals surface area contributed by atoms with Crippen LogP contribution in [-0.2, 0) is 6.42 Å². The molecule has 20 heavy (non-hydrogen) atoms. The summed E-state index contributed by atoms with van der Waals surface area (Å²) in [5, 5.41) is 20.5. The van der Waals surface area contributed by atoms with E-state index in [1.54, 1.807) is 36.7 Å². The van der Waals surface area contributed by atoms with Crippen LogP contribution < -0.4 is 0 Å². The minimum absolute atomic E-state index is 0.149. The van der Waals surface area contributed by atoms with Gasteiger partial charge in [0.05, 0.1) is 0 Å². The lowest BCUT2D eigenvalue weighted by Gasteiger charge is -2.19. The molecule has 1 aliphatic carbocycles. The van der Waals surface area contributed by atoms with Crippen molar-refractivity contribution in [3.05, 3.63) is 65.0 Å². The van der Waals surface area contributed by atoms with Crippen LogP contribution in [-0.4, -0.2) is 21.0 Å². The van der Waals surface area contributed by atoms with Crippen LogP contribution in [0.15, 0.2) is 42.7 Å². The van der Waals surface area contributed by atoms with E-state index >= 15 is 0 Å². The summed E-state index contributed by atoms with van der Waals surface area (Å²) in [7, 11) is 0. The highest BCUT2D eigenvalue weighted by Gasteiger charge is 2.24. The summed E-state index contributed by atoms with van der Waals surface area (Å²) in [6.07, 6.45) is 2.37. The van der Waals surface area contributed by atoms with Crippen molar-refractivity contribution < 1.29 is 15.0 Å². The highest BCUT2D eigenvalue weighted by Crippen LogP contribution is 2.31. The maximum atomic E-state index is 11.6. The van der Waals surface area contributed by atoms with Crippen LogP contribution in [0.4, 0.5) is 0 Å². The number of hydrogen-bond donors (Lipinski definition) is 2. The van der Waals surface area contributed by atoms with Crippen LogP contribution in [0, 0.1) is 0 Å². The first-order valence-electron chi connectivity index (χ1n) is 6.59. The van der Waals surface area contributed by atoms with Gasteiger partial charge in [0, 0.05) is 24.4 Å². The van der Waals surface area contributed by atoms with E-state index in [0.29, 0.717) is 24.0 Å². The van der Waals surface area contributed by atoms with Gasteiger partial charge in [-0.1, -0.05) is 18.2 Å². The molecule has 0 saturated carbocycles. The molecule has 0 spiro atoms. The van der Waals surface area contributed by atoms with Crippen LogP contribution in [0.2, 0.25) is 0 Å². The van der Waals surface area contributed by atoms with Crippen LogP contribution >= 0.6 is 0 Å². The van der Waals surface area contributed by atoms with Crippen LogP contribution in [0.5, 0.6) is 0 Å². The average molecular weight is 269 g/mol. The Morgan fingerprint density at radius 1 is 0.950 bits per heavy atom. The Balaban J connectivity index is 1.88. The fourth-order valence-electron chi connectivity index (χ4n) is 2.58. The van der Waals surface area contributed by atoms with E-state index in [4.69, 9.17) is 0 Å². The Bertz CT molecular complexity index is 639. The van der Waals surface area contributed by atoms with Crippen LogP contribution in [0.1, 0.15) is 45.7 Å². The van der Waals surface area contributed by atoms with Crippen molar-refractivity contribution in [1.82, 2.24) is 4.98 Å². The number of carbonyl (C=O) groups is 1. The summed E-state index contributed by atoms with van der Waals surface area (Å²) in [5.74, 6) is 0.149. The molecule has 2 aromatic rings. The van der Waals surface area contributed by atoms with Crippen LogP contribution in [0.3, 0.4) is 0 Å². The van der Waals surface area contributed by atoms with Crippen molar-refractivity contribution in [3.63, 3.8) is 0 Å². The van der Waals surface area contributed by atoms with Gasteiger partial charge in [0.25, 0.3) is 0 Å². The maximum Gasteiger partial charge on any atom is 0.163 e. The SMILES string of the molecule is O=C1CCc2cc(C(O)C(O)c3ccncc3)ccc21. The molecular weight excluding hydrogens is 254 g/mol. The molecule has 0 amide bonds. The second-order valence-electron chi connectivity index (χ2n) is 5.01. The van der Waals surface area contributed by atoms with Crippen molar-refractivity contribution >= 4 is 5.78 Å². The number of Topliss-reactive ketones (excluding diaryl/α,β-unsaturated/α-hetero) is 1. The number of benzene rings is 1. The number of hydrogen-bond acceptors (Lipinski definition) is 4. The third-order valence-corrected chi connectivity index (χ3v) is 3.74. The zero-order valence-corrected chi connectivity index (χ0v) is 10.9. The molecule has 0 saturated heterocycles. The molecule has 2 N–H and O–H groups in total. The number of carbonyl (C=O) groups excluding carboxylic acids is 1. The number of nitrogens with zero attached hydrogens (tertiary/aromatic N) is 1. The quantitative estimate of drug-likeness (QED) is 0.893. The zero-order chi connectivity index (χ0) is 14.1. The molecule has 1 aromatic carbocycles. The number of aliphatic hydroxyl groups excluding tert-OH is 2.